The number of hydrogen-bond acceptors (Lipinski definition) is 3. The number of para-hydroxylation sites is 2. The highest BCUT2D eigenvalue weighted by Gasteiger charge is 2.33. The number of methoxy groups -OCH3 is 1. The summed E-state index contributed by atoms with van der Waals surface area (Å²) in [7, 11) is 1.64. The second-order valence-electron chi connectivity index (χ2n) is 7.09. The SMILES string of the molecule is COc1ccccc1CNCc1cccc(-c2[c]cnc3c(C(F)(F)F)cccc23)c1. The van der Waals surface area contributed by atoms with Crippen LogP contribution in [0.4, 0.5) is 13.2 Å². The number of aromatic nitrogens is 1. The minimum Gasteiger partial charge on any atom is -0.496 e. The summed E-state index contributed by atoms with van der Waals surface area (Å²) in [6, 6.07) is 22.6. The number of alkyl halides is 3. The first kappa shape index (κ1) is 20.9. The van der Waals surface area contributed by atoms with E-state index in [1.807, 2.05) is 48.5 Å². The van der Waals surface area contributed by atoms with Gasteiger partial charge in [0.25, 0.3) is 0 Å². The summed E-state index contributed by atoms with van der Waals surface area (Å²) in [5.41, 5.74) is 2.65. The fourth-order valence-electron chi connectivity index (χ4n) is 3.62. The molecule has 0 saturated carbocycles. The first-order valence-corrected chi connectivity index (χ1v) is 9.76. The van der Waals surface area contributed by atoms with E-state index in [4.69, 9.17) is 4.74 Å². The molecule has 1 aromatic heterocycles. The molecule has 0 aliphatic carbocycles. The standard InChI is InChI=1S/C25H20F3N2O/c1-31-23-11-3-2-7-19(23)16-29-15-17-6-4-8-18(14-17)20-12-13-30-24-21(20)9-5-10-22(24)25(26,27)28/h2-11,13-14,29H,15-16H2,1H3. The molecule has 1 radical (unpaired) electrons. The van der Waals surface area contributed by atoms with Crippen LogP contribution in [-0.2, 0) is 19.3 Å². The molecule has 1 N–H and O–H groups in total. The lowest BCUT2D eigenvalue weighted by Gasteiger charge is -2.13. The van der Waals surface area contributed by atoms with Gasteiger partial charge in [-0.1, -0.05) is 48.5 Å². The van der Waals surface area contributed by atoms with Crippen LogP contribution in [0.3, 0.4) is 0 Å². The molecule has 0 aliphatic rings. The van der Waals surface area contributed by atoms with Crippen LogP contribution < -0.4 is 10.1 Å². The van der Waals surface area contributed by atoms with Crippen molar-refractivity contribution in [1.82, 2.24) is 10.3 Å². The Kier molecular flexibility index (Phi) is 5.91. The molecule has 0 atom stereocenters. The van der Waals surface area contributed by atoms with Crippen molar-refractivity contribution in [1.29, 1.82) is 0 Å². The maximum Gasteiger partial charge on any atom is 0.418 e. The predicted molar refractivity (Wildman–Crippen MR) is 115 cm³/mol. The molecule has 3 aromatic carbocycles. The quantitative estimate of drug-likeness (QED) is 0.413. The molecule has 3 nitrogen and oxygen atoms in total. The number of ether oxygens (including phenoxy) is 1. The van der Waals surface area contributed by atoms with E-state index >= 15 is 0 Å². The minimum absolute atomic E-state index is 0.0662. The number of nitrogens with one attached hydrogen (secondary N) is 1. The number of halogens is 3. The van der Waals surface area contributed by atoms with Gasteiger partial charge in [-0.2, -0.15) is 13.2 Å². The third-order valence-corrected chi connectivity index (χ3v) is 5.07. The van der Waals surface area contributed by atoms with Gasteiger partial charge in [-0.15, -0.1) is 0 Å². The van der Waals surface area contributed by atoms with Crippen LogP contribution in [0.2, 0.25) is 0 Å². The number of nitrogens with zero attached hydrogens (tertiary/aromatic N) is 1. The molecule has 31 heavy (non-hydrogen) atoms. The number of pyridine rings is 1. The first-order valence-electron chi connectivity index (χ1n) is 9.76. The minimum atomic E-state index is -4.46. The first-order chi connectivity index (χ1) is 15.0. The summed E-state index contributed by atoms with van der Waals surface area (Å²) >= 11 is 0. The molecule has 157 valence electrons. The largest absolute Gasteiger partial charge is 0.496 e. The maximum absolute atomic E-state index is 13.4. The van der Waals surface area contributed by atoms with Crippen molar-refractivity contribution in [3.63, 3.8) is 0 Å². The van der Waals surface area contributed by atoms with Crippen molar-refractivity contribution in [3.8, 4) is 16.9 Å². The predicted octanol–water partition coefficient (Wildman–Crippen LogP) is 6.02. The Morgan fingerprint density at radius 1 is 0.968 bits per heavy atom. The Morgan fingerprint density at radius 2 is 1.77 bits per heavy atom. The number of hydrogen-bond donors (Lipinski definition) is 1. The van der Waals surface area contributed by atoms with Gasteiger partial charge in [0, 0.05) is 41.9 Å². The average Bonchev–Trinajstić information content (AvgIpc) is 2.78. The zero-order valence-corrected chi connectivity index (χ0v) is 16.8. The molecule has 0 saturated heterocycles. The Balaban J connectivity index is 1.59. The van der Waals surface area contributed by atoms with Gasteiger partial charge in [0.15, 0.2) is 0 Å². The highest BCUT2D eigenvalue weighted by atomic mass is 19.4. The van der Waals surface area contributed by atoms with Crippen LogP contribution in [0.5, 0.6) is 5.75 Å². The molecule has 0 aliphatic heterocycles. The van der Waals surface area contributed by atoms with Crippen LogP contribution in [0.1, 0.15) is 16.7 Å². The van der Waals surface area contributed by atoms with Gasteiger partial charge in [0.05, 0.1) is 18.2 Å². The highest BCUT2D eigenvalue weighted by Crippen LogP contribution is 2.36. The fraction of sp³-hybridized carbons (Fsp3) is 0.160. The maximum atomic E-state index is 13.4. The molecular weight excluding hydrogens is 401 g/mol. The number of rotatable bonds is 6. The number of benzene rings is 3. The zero-order valence-electron chi connectivity index (χ0n) is 16.8. The second kappa shape index (κ2) is 8.78. The lowest BCUT2D eigenvalue weighted by atomic mass is 9.98. The van der Waals surface area contributed by atoms with Gasteiger partial charge in [-0.05, 0) is 29.3 Å². The molecule has 0 fully saturated rings. The van der Waals surface area contributed by atoms with Gasteiger partial charge < -0.3 is 10.1 Å². The summed E-state index contributed by atoms with van der Waals surface area (Å²) in [6.07, 6.45) is -3.16. The van der Waals surface area contributed by atoms with Crippen molar-refractivity contribution < 1.29 is 17.9 Å². The zero-order chi connectivity index (χ0) is 21.8. The van der Waals surface area contributed by atoms with Gasteiger partial charge in [0.2, 0.25) is 0 Å². The molecule has 0 spiro atoms. The Morgan fingerprint density at radius 3 is 2.58 bits per heavy atom. The molecule has 4 aromatic rings. The molecule has 1 heterocycles. The average molecular weight is 421 g/mol. The van der Waals surface area contributed by atoms with Crippen molar-refractivity contribution in [2.24, 2.45) is 0 Å². The van der Waals surface area contributed by atoms with Gasteiger partial charge in [0.1, 0.15) is 5.75 Å². The van der Waals surface area contributed by atoms with E-state index in [0.29, 0.717) is 24.0 Å². The van der Waals surface area contributed by atoms with Crippen LogP contribution in [0.15, 0.2) is 72.9 Å². The number of fused-ring (bicyclic) bond motifs is 1. The van der Waals surface area contributed by atoms with Crippen molar-refractivity contribution in [2.45, 2.75) is 19.3 Å². The summed E-state index contributed by atoms with van der Waals surface area (Å²) in [6.45, 7) is 1.23. The van der Waals surface area contributed by atoms with Gasteiger partial charge in [-0.25, -0.2) is 0 Å². The normalized spacial score (nSPS) is 11.6. The van der Waals surface area contributed by atoms with Crippen molar-refractivity contribution in [2.75, 3.05) is 7.11 Å². The van der Waals surface area contributed by atoms with Crippen LogP contribution >= 0.6 is 0 Å². The molecule has 0 bridgehead atoms. The third-order valence-electron chi connectivity index (χ3n) is 5.07. The lowest BCUT2D eigenvalue weighted by Crippen LogP contribution is -2.13. The van der Waals surface area contributed by atoms with Crippen molar-refractivity contribution >= 4 is 10.9 Å². The van der Waals surface area contributed by atoms with E-state index in [1.165, 1.54) is 12.3 Å². The molecule has 0 amide bonds. The summed E-state index contributed by atoms with van der Waals surface area (Å²) in [5, 5.41) is 3.81. The van der Waals surface area contributed by atoms with E-state index < -0.39 is 11.7 Å². The molecule has 4 rings (SSSR count). The smallest absolute Gasteiger partial charge is 0.418 e. The van der Waals surface area contributed by atoms with Gasteiger partial charge >= 0.3 is 6.18 Å². The van der Waals surface area contributed by atoms with E-state index in [0.717, 1.165) is 28.5 Å². The highest BCUT2D eigenvalue weighted by molar-refractivity contribution is 5.95. The van der Waals surface area contributed by atoms with Crippen molar-refractivity contribution in [3.05, 3.63) is 95.7 Å². The molecule has 0 unspecified atom stereocenters. The van der Waals surface area contributed by atoms with E-state index in [9.17, 15) is 13.2 Å². The lowest BCUT2D eigenvalue weighted by molar-refractivity contribution is -0.136. The summed E-state index contributed by atoms with van der Waals surface area (Å²) in [5.74, 6) is 0.821. The van der Waals surface area contributed by atoms with Crippen LogP contribution in [0, 0.1) is 6.07 Å². The summed E-state index contributed by atoms with van der Waals surface area (Å²) in [4.78, 5) is 3.96. The fourth-order valence-corrected chi connectivity index (χ4v) is 3.62. The Bertz CT molecular complexity index is 1200. The third kappa shape index (κ3) is 4.54. The second-order valence-corrected chi connectivity index (χ2v) is 7.09. The summed E-state index contributed by atoms with van der Waals surface area (Å²) < 4.78 is 45.5. The van der Waals surface area contributed by atoms with E-state index in [1.54, 1.807) is 13.2 Å². The van der Waals surface area contributed by atoms with E-state index in [2.05, 4.69) is 16.4 Å². The van der Waals surface area contributed by atoms with Crippen LogP contribution in [0.25, 0.3) is 22.0 Å². The molecular formula is C25H20F3N2O. The van der Waals surface area contributed by atoms with E-state index in [-0.39, 0.29) is 5.52 Å². The van der Waals surface area contributed by atoms with Gasteiger partial charge in [-0.3, -0.25) is 4.98 Å². The topological polar surface area (TPSA) is 34.1 Å². The Hall–Kier alpha value is -3.38. The molecule has 6 heteroatoms. The monoisotopic (exact) mass is 421 g/mol. The van der Waals surface area contributed by atoms with Crippen LogP contribution in [-0.4, -0.2) is 12.1 Å². The Labute approximate surface area is 178 Å².